The molecule has 112 valence electrons. The lowest BCUT2D eigenvalue weighted by Crippen LogP contribution is -2.19. The average Bonchev–Trinajstić information content (AvgIpc) is 2.90. The van der Waals surface area contributed by atoms with E-state index in [4.69, 9.17) is 9.26 Å². The van der Waals surface area contributed by atoms with Crippen molar-refractivity contribution in [2.45, 2.75) is 26.3 Å². The Bertz CT molecular complexity index is 595. The molecule has 21 heavy (non-hydrogen) atoms. The van der Waals surface area contributed by atoms with Gasteiger partial charge < -0.3 is 14.6 Å². The van der Waals surface area contributed by atoms with Gasteiger partial charge in [0, 0.05) is 26.4 Å². The van der Waals surface area contributed by atoms with E-state index in [1.54, 1.807) is 6.92 Å². The Morgan fingerprint density at radius 2 is 2.10 bits per heavy atom. The number of carbonyl (C=O) groups excluding carboxylic acids is 1. The minimum atomic E-state index is -0.232. The number of carbonyl (C=O) groups is 1. The highest BCUT2D eigenvalue weighted by molar-refractivity contribution is 5.72. The summed E-state index contributed by atoms with van der Waals surface area (Å²) in [5.74, 6) is 1.04. The molecule has 0 radical (unpaired) electrons. The smallest absolute Gasteiger partial charge is 0.309 e. The fourth-order valence-corrected chi connectivity index (χ4v) is 2.00. The van der Waals surface area contributed by atoms with Gasteiger partial charge in [-0.1, -0.05) is 29.4 Å². The molecule has 0 aliphatic carbocycles. The van der Waals surface area contributed by atoms with Gasteiger partial charge in [-0.25, -0.2) is 0 Å². The van der Waals surface area contributed by atoms with E-state index in [1.165, 1.54) is 7.11 Å². The monoisotopic (exact) mass is 289 g/mol. The summed E-state index contributed by atoms with van der Waals surface area (Å²) in [7, 11) is 1.40. The lowest BCUT2D eigenvalue weighted by Gasteiger charge is -2.09. The molecule has 0 fully saturated rings. The summed E-state index contributed by atoms with van der Waals surface area (Å²) in [4.78, 5) is 15.5. The number of nitrogens with one attached hydrogen (secondary N) is 1. The van der Waals surface area contributed by atoms with Gasteiger partial charge in [0.25, 0.3) is 0 Å². The number of hydrogen-bond donors (Lipinski definition) is 1. The standard InChI is InChI=1S/C15H19N3O3/c1-11-17-14(18-21-11)7-8-16-10-13-6-4-3-5-12(13)9-15(19)20-2/h3-6,16H,7-10H2,1-2H3. The molecule has 0 unspecified atom stereocenters. The van der Waals surface area contributed by atoms with E-state index in [2.05, 4.69) is 15.5 Å². The van der Waals surface area contributed by atoms with E-state index in [0.717, 1.165) is 17.7 Å². The van der Waals surface area contributed by atoms with Crippen LogP contribution < -0.4 is 5.32 Å². The molecule has 0 saturated carbocycles. The molecule has 0 saturated heterocycles. The quantitative estimate of drug-likeness (QED) is 0.613. The van der Waals surface area contributed by atoms with Gasteiger partial charge in [0.15, 0.2) is 5.82 Å². The Morgan fingerprint density at radius 1 is 1.33 bits per heavy atom. The van der Waals surface area contributed by atoms with Crippen LogP contribution in [0.4, 0.5) is 0 Å². The minimum absolute atomic E-state index is 0.232. The summed E-state index contributed by atoms with van der Waals surface area (Å²) in [5.41, 5.74) is 2.07. The first-order valence-electron chi connectivity index (χ1n) is 6.82. The molecule has 1 aromatic heterocycles. The van der Waals surface area contributed by atoms with Crippen molar-refractivity contribution in [3.05, 3.63) is 47.1 Å². The van der Waals surface area contributed by atoms with Gasteiger partial charge in [-0.15, -0.1) is 0 Å². The number of ether oxygens (including phenoxy) is 1. The van der Waals surface area contributed by atoms with Crippen molar-refractivity contribution < 1.29 is 14.1 Å². The highest BCUT2D eigenvalue weighted by Gasteiger charge is 2.07. The van der Waals surface area contributed by atoms with Gasteiger partial charge in [-0.05, 0) is 11.1 Å². The molecule has 1 N–H and O–H groups in total. The third-order valence-corrected chi connectivity index (χ3v) is 3.09. The Hall–Kier alpha value is -2.21. The molecule has 2 rings (SSSR count). The fraction of sp³-hybridized carbons (Fsp3) is 0.400. The number of aromatic nitrogens is 2. The van der Waals surface area contributed by atoms with Crippen LogP contribution in [-0.4, -0.2) is 29.8 Å². The van der Waals surface area contributed by atoms with Crippen molar-refractivity contribution in [2.75, 3.05) is 13.7 Å². The second-order valence-electron chi connectivity index (χ2n) is 4.68. The van der Waals surface area contributed by atoms with Crippen LogP contribution in [0.15, 0.2) is 28.8 Å². The normalized spacial score (nSPS) is 10.6. The predicted molar refractivity (Wildman–Crippen MR) is 76.6 cm³/mol. The van der Waals surface area contributed by atoms with E-state index >= 15 is 0 Å². The van der Waals surface area contributed by atoms with Gasteiger partial charge >= 0.3 is 5.97 Å². The van der Waals surface area contributed by atoms with Gasteiger partial charge in [0.05, 0.1) is 13.5 Å². The zero-order chi connectivity index (χ0) is 15.1. The van der Waals surface area contributed by atoms with Crippen LogP contribution in [0, 0.1) is 6.92 Å². The fourth-order valence-electron chi connectivity index (χ4n) is 2.00. The SMILES string of the molecule is COC(=O)Cc1ccccc1CNCCc1noc(C)n1. The minimum Gasteiger partial charge on any atom is -0.469 e. The first-order valence-corrected chi connectivity index (χ1v) is 6.82. The maximum atomic E-state index is 11.4. The Labute approximate surface area is 123 Å². The molecule has 1 aromatic carbocycles. The van der Waals surface area contributed by atoms with Crippen molar-refractivity contribution in [3.8, 4) is 0 Å². The number of methoxy groups -OCH3 is 1. The average molecular weight is 289 g/mol. The van der Waals surface area contributed by atoms with Crippen molar-refractivity contribution >= 4 is 5.97 Å². The van der Waals surface area contributed by atoms with E-state index in [1.807, 2.05) is 24.3 Å². The zero-order valence-corrected chi connectivity index (χ0v) is 12.3. The van der Waals surface area contributed by atoms with Crippen molar-refractivity contribution in [2.24, 2.45) is 0 Å². The van der Waals surface area contributed by atoms with Gasteiger partial charge in [0.2, 0.25) is 5.89 Å². The molecule has 6 heteroatoms. The molecule has 0 aliphatic rings. The maximum absolute atomic E-state index is 11.4. The van der Waals surface area contributed by atoms with Crippen LogP contribution in [0.3, 0.4) is 0 Å². The first-order chi connectivity index (χ1) is 10.2. The molecule has 0 amide bonds. The molecular weight excluding hydrogens is 270 g/mol. The molecule has 0 bridgehead atoms. The second kappa shape index (κ2) is 7.54. The maximum Gasteiger partial charge on any atom is 0.309 e. The number of benzene rings is 1. The number of nitrogens with zero attached hydrogens (tertiary/aromatic N) is 2. The largest absolute Gasteiger partial charge is 0.469 e. The summed E-state index contributed by atoms with van der Waals surface area (Å²) in [6.45, 7) is 3.20. The Kier molecular flexibility index (Phi) is 5.45. The number of aryl methyl sites for hydroxylation is 1. The molecule has 6 nitrogen and oxygen atoms in total. The molecule has 2 aromatic rings. The lowest BCUT2D eigenvalue weighted by molar-refractivity contribution is -0.139. The van der Waals surface area contributed by atoms with E-state index in [-0.39, 0.29) is 5.97 Å². The number of esters is 1. The van der Waals surface area contributed by atoms with E-state index in [9.17, 15) is 4.79 Å². The van der Waals surface area contributed by atoms with E-state index in [0.29, 0.717) is 31.1 Å². The third kappa shape index (κ3) is 4.68. The lowest BCUT2D eigenvalue weighted by atomic mass is 10.0. The van der Waals surface area contributed by atoms with Crippen LogP contribution in [0.25, 0.3) is 0 Å². The van der Waals surface area contributed by atoms with Gasteiger partial charge in [-0.2, -0.15) is 4.98 Å². The second-order valence-corrected chi connectivity index (χ2v) is 4.68. The zero-order valence-electron chi connectivity index (χ0n) is 12.3. The van der Waals surface area contributed by atoms with Gasteiger partial charge in [-0.3, -0.25) is 4.79 Å². The third-order valence-electron chi connectivity index (χ3n) is 3.09. The van der Waals surface area contributed by atoms with Crippen LogP contribution in [0.2, 0.25) is 0 Å². The summed E-state index contributed by atoms with van der Waals surface area (Å²) in [6, 6.07) is 7.82. The van der Waals surface area contributed by atoms with Crippen LogP contribution in [-0.2, 0) is 28.9 Å². The molecule has 0 spiro atoms. The molecule has 0 aliphatic heterocycles. The Balaban J connectivity index is 1.83. The highest BCUT2D eigenvalue weighted by Crippen LogP contribution is 2.10. The van der Waals surface area contributed by atoms with Crippen LogP contribution in [0.1, 0.15) is 22.8 Å². The van der Waals surface area contributed by atoms with Gasteiger partial charge in [0.1, 0.15) is 0 Å². The van der Waals surface area contributed by atoms with Crippen LogP contribution >= 0.6 is 0 Å². The van der Waals surface area contributed by atoms with E-state index < -0.39 is 0 Å². The van der Waals surface area contributed by atoms with Crippen LogP contribution in [0.5, 0.6) is 0 Å². The van der Waals surface area contributed by atoms with Crippen molar-refractivity contribution in [3.63, 3.8) is 0 Å². The number of hydrogen-bond acceptors (Lipinski definition) is 6. The van der Waals surface area contributed by atoms with Crippen molar-refractivity contribution in [1.82, 2.24) is 15.5 Å². The summed E-state index contributed by atoms with van der Waals surface area (Å²) in [5, 5.41) is 7.16. The molecular formula is C15H19N3O3. The topological polar surface area (TPSA) is 77.2 Å². The Morgan fingerprint density at radius 3 is 2.76 bits per heavy atom. The highest BCUT2D eigenvalue weighted by atomic mass is 16.5. The number of rotatable bonds is 7. The summed E-state index contributed by atoms with van der Waals surface area (Å²) >= 11 is 0. The molecule has 0 atom stereocenters. The molecule has 1 heterocycles. The first kappa shape index (κ1) is 15.2. The summed E-state index contributed by atoms with van der Waals surface area (Å²) in [6.07, 6.45) is 0.995. The summed E-state index contributed by atoms with van der Waals surface area (Å²) < 4.78 is 9.62. The predicted octanol–water partition coefficient (Wildman–Crippen LogP) is 1.43. The van der Waals surface area contributed by atoms with Crippen molar-refractivity contribution in [1.29, 1.82) is 0 Å².